The van der Waals surface area contributed by atoms with Crippen molar-refractivity contribution in [1.29, 1.82) is 0 Å². The molecule has 0 saturated carbocycles. The number of nitrogens with two attached hydrogens (primary N) is 1. The van der Waals surface area contributed by atoms with E-state index >= 15 is 0 Å². The van der Waals surface area contributed by atoms with Gasteiger partial charge in [0.05, 0.1) is 17.3 Å². The summed E-state index contributed by atoms with van der Waals surface area (Å²) >= 11 is 1.51. The van der Waals surface area contributed by atoms with Crippen LogP contribution in [0.15, 0.2) is 11.4 Å². The molecule has 2 heterocycles. The molecule has 2 aromatic rings. The number of rotatable bonds is 5. The lowest BCUT2D eigenvalue weighted by Crippen LogP contribution is -2.31. The number of hydrogen-bond donors (Lipinski definition) is 2. The fourth-order valence-electron chi connectivity index (χ4n) is 1.82. The largest absolute Gasteiger partial charge is 0.467 e. The van der Waals surface area contributed by atoms with Crippen LogP contribution in [-0.2, 0) is 9.53 Å². The van der Waals surface area contributed by atoms with Crippen LogP contribution in [0.3, 0.4) is 0 Å². The predicted octanol–water partition coefficient (Wildman–Crippen LogP) is 2.03. The topological polar surface area (TPSA) is 90.1 Å². The molecule has 1 atom stereocenters. The first-order valence-corrected chi connectivity index (χ1v) is 6.88. The second-order valence-corrected chi connectivity index (χ2v) is 4.99. The first-order chi connectivity index (χ1) is 9.15. The van der Waals surface area contributed by atoms with Gasteiger partial charge in [-0.1, -0.05) is 13.3 Å². The van der Waals surface area contributed by atoms with Crippen molar-refractivity contribution < 1.29 is 9.53 Å². The van der Waals surface area contributed by atoms with Gasteiger partial charge in [-0.15, -0.1) is 11.3 Å². The van der Waals surface area contributed by atoms with Crippen molar-refractivity contribution in [3.8, 4) is 0 Å². The van der Waals surface area contributed by atoms with Crippen LogP contribution in [-0.4, -0.2) is 29.1 Å². The number of methoxy groups -OCH3 is 1. The van der Waals surface area contributed by atoms with Crippen LogP contribution >= 0.6 is 11.3 Å². The number of esters is 1. The minimum absolute atomic E-state index is 0.188. The molecular weight excluding hydrogens is 264 g/mol. The third-order valence-electron chi connectivity index (χ3n) is 2.69. The molecule has 0 aliphatic carbocycles. The van der Waals surface area contributed by atoms with E-state index in [4.69, 9.17) is 10.5 Å². The highest BCUT2D eigenvalue weighted by atomic mass is 32.1. The van der Waals surface area contributed by atoms with Gasteiger partial charge in [-0.05, 0) is 17.9 Å². The summed E-state index contributed by atoms with van der Waals surface area (Å²) in [6.07, 6.45) is 1.53. The summed E-state index contributed by atoms with van der Waals surface area (Å²) < 4.78 is 5.68. The molecule has 7 heteroatoms. The third-order valence-corrected chi connectivity index (χ3v) is 3.61. The smallest absolute Gasteiger partial charge is 0.328 e. The summed E-state index contributed by atoms with van der Waals surface area (Å²) in [7, 11) is 1.38. The first-order valence-electron chi connectivity index (χ1n) is 6.00. The molecule has 0 aromatic carbocycles. The molecule has 19 heavy (non-hydrogen) atoms. The molecule has 3 N–H and O–H groups in total. The van der Waals surface area contributed by atoms with E-state index < -0.39 is 6.04 Å². The van der Waals surface area contributed by atoms with Gasteiger partial charge in [0, 0.05) is 0 Å². The zero-order chi connectivity index (χ0) is 13.8. The van der Waals surface area contributed by atoms with Gasteiger partial charge in [-0.25, -0.2) is 9.78 Å². The van der Waals surface area contributed by atoms with Crippen molar-refractivity contribution in [3.05, 3.63) is 11.4 Å². The van der Waals surface area contributed by atoms with Gasteiger partial charge in [0.15, 0.2) is 0 Å². The van der Waals surface area contributed by atoms with Gasteiger partial charge < -0.3 is 15.8 Å². The number of aromatic nitrogens is 2. The molecule has 2 aromatic heterocycles. The molecule has 0 amide bonds. The Kier molecular flexibility index (Phi) is 4.16. The van der Waals surface area contributed by atoms with Crippen molar-refractivity contribution in [1.82, 2.24) is 9.97 Å². The lowest BCUT2D eigenvalue weighted by Gasteiger charge is -2.16. The summed E-state index contributed by atoms with van der Waals surface area (Å²) in [5, 5.41) is 5.02. The molecule has 0 aliphatic heterocycles. The maximum atomic E-state index is 11.7. The van der Waals surface area contributed by atoms with Crippen molar-refractivity contribution in [3.63, 3.8) is 0 Å². The van der Waals surface area contributed by atoms with E-state index in [0.29, 0.717) is 12.2 Å². The van der Waals surface area contributed by atoms with E-state index in [1.54, 1.807) is 0 Å². The van der Waals surface area contributed by atoms with Crippen molar-refractivity contribution in [2.45, 2.75) is 25.8 Å². The average Bonchev–Trinajstić information content (AvgIpc) is 2.85. The number of nitrogens with zero attached hydrogens (tertiary/aromatic N) is 2. The molecule has 6 nitrogen and oxygen atoms in total. The van der Waals surface area contributed by atoms with Crippen LogP contribution in [0.1, 0.15) is 19.8 Å². The summed E-state index contributed by atoms with van der Waals surface area (Å²) in [6.45, 7) is 2.01. The summed E-state index contributed by atoms with van der Waals surface area (Å²) in [4.78, 5) is 20.0. The molecule has 0 radical (unpaired) electrons. The number of thiophene rings is 1. The van der Waals surface area contributed by atoms with Crippen LogP contribution in [0, 0.1) is 0 Å². The van der Waals surface area contributed by atoms with Gasteiger partial charge in [0.25, 0.3) is 0 Å². The van der Waals surface area contributed by atoms with E-state index in [9.17, 15) is 4.79 Å². The standard InChI is InChI=1S/C12H16N4O2S/c1-3-4-8(11(17)18-2)14-10-9-7(5-6-19-9)15-12(13)16-10/h5-6,8H,3-4H2,1-2H3,(H3,13,14,15,16). The van der Waals surface area contributed by atoms with E-state index in [1.165, 1.54) is 18.4 Å². The molecule has 0 saturated heterocycles. The van der Waals surface area contributed by atoms with Gasteiger partial charge >= 0.3 is 5.97 Å². The Morgan fingerprint density at radius 2 is 2.37 bits per heavy atom. The van der Waals surface area contributed by atoms with E-state index in [-0.39, 0.29) is 11.9 Å². The van der Waals surface area contributed by atoms with Gasteiger partial charge in [0.1, 0.15) is 11.9 Å². The van der Waals surface area contributed by atoms with Gasteiger partial charge in [-0.3, -0.25) is 0 Å². The monoisotopic (exact) mass is 280 g/mol. The minimum Gasteiger partial charge on any atom is -0.467 e. The minimum atomic E-state index is -0.422. The lowest BCUT2D eigenvalue weighted by molar-refractivity contribution is -0.141. The lowest BCUT2D eigenvalue weighted by atomic mass is 10.1. The number of anilines is 2. The van der Waals surface area contributed by atoms with Crippen molar-refractivity contribution in [2.75, 3.05) is 18.2 Å². The molecule has 0 fully saturated rings. The third kappa shape index (κ3) is 2.93. The number of hydrogen-bond acceptors (Lipinski definition) is 7. The van der Waals surface area contributed by atoms with Crippen LogP contribution in [0.4, 0.5) is 11.8 Å². The number of carbonyl (C=O) groups excluding carboxylic acids is 1. The fraction of sp³-hybridized carbons (Fsp3) is 0.417. The highest BCUT2D eigenvalue weighted by Crippen LogP contribution is 2.27. The molecule has 0 spiro atoms. The number of fused-ring (bicyclic) bond motifs is 1. The Hall–Kier alpha value is -1.89. The van der Waals surface area contributed by atoms with Crippen molar-refractivity contribution in [2.24, 2.45) is 0 Å². The van der Waals surface area contributed by atoms with Crippen LogP contribution in [0.5, 0.6) is 0 Å². The van der Waals surface area contributed by atoms with Gasteiger partial charge in [-0.2, -0.15) is 4.98 Å². The summed E-state index contributed by atoms with van der Waals surface area (Å²) in [5.41, 5.74) is 6.45. The predicted molar refractivity (Wildman–Crippen MR) is 76.2 cm³/mol. The average molecular weight is 280 g/mol. The number of nitrogens with one attached hydrogen (secondary N) is 1. The van der Waals surface area contributed by atoms with Crippen LogP contribution in [0.2, 0.25) is 0 Å². The van der Waals surface area contributed by atoms with Crippen LogP contribution < -0.4 is 11.1 Å². The fourth-order valence-corrected chi connectivity index (χ4v) is 2.61. The molecular formula is C12H16N4O2S. The highest BCUT2D eigenvalue weighted by Gasteiger charge is 2.20. The van der Waals surface area contributed by atoms with E-state index in [0.717, 1.165) is 16.6 Å². The van der Waals surface area contributed by atoms with Crippen molar-refractivity contribution >= 4 is 39.3 Å². The zero-order valence-electron chi connectivity index (χ0n) is 10.8. The SMILES string of the molecule is CCCC(Nc1nc(N)nc2ccsc12)C(=O)OC. The second-order valence-electron chi connectivity index (χ2n) is 4.07. The molecule has 0 bridgehead atoms. The summed E-state index contributed by atoms with van der Waals surface area (Å²) in [5.74, 6) is 0.471. The summed E-state index contributed by atoms with van der Waals surface area (Å²) in [6, 6.07) is 1.45. The number of carbonyl (C=O) groups is 1. The Morgan fingerprint density at radius 1 is 1.58 bits per heavy atom. The second kappa shape index (κ2) is 5.83. The van der Waals surface area contributed by atoms with E-state index in [2.05, 4.69) is 15.3 Å². The van der Waals surface area contributed by atoms with Crippen LogP contribution in [0.25, 0.3) is 10.2 Å². The maximum Gasteiger partial charge on any atom is 0.328 e. The zero-order valence-corrected chi connectivity index (χ0v) is 11.7. The quantitative estimate of drug-likeness (QED) is 0.814. The molecule has 0 aliphatic rings. The number of ether oxygens (including phenoxy) is 1. The van der Waals surface area contributed by atoms with Gasteiger partial charge in [0.2, 0.25) is 5.95 Å². The number of nitrogen functional groups attached to an aromatic ring is 1. The molecule has 2 rings (SSSR count). The maximum absolute atomic E-state index is 11.7. The Morgan fingerprint density at radius 3 is 3.05 bits per heavy atom. The first kappa shape index (κ1) is 13.5. The van der Waals surface area contributed by atoms with E-state index in [1.807, 2.05) is 18.4 Å². The highest BCUT2D eigenvalue weighted by molar-refractivity contribution is 7.17. The Bertz CT molecular complexity index is 584. The Balaban J connectivity index is 2.32. The molecule has 1 unspecified atom stereocenters. The normalized spacial score (nSPS) is 12.3. The Labute approximate surface area is 115 Å². The molecule has 102 valence electrons.